The number of halogens is 1. The predicted molar refractivity (Wildman–Crippen MR) is 100.0 cm³/mol. The molecular formula is C18H30ClN3O2. The number of carbonyl (C=O) groups excluding carboxylic acids is 2. The van der Waals surface area contributed by atoms with E-state index in [0.29, 0.717) is 13.1 Å². The zero-order chi connectivity index (χ0) is 17.2. The summed E-state index contributed by atoms with van der Waals surface area (Å²) in [6.45, 7) is 7.10. The largest absolute Gasteiger partial charge is 0.355 e. The van der Waals surface area contributed by atoms with Crippen molar-refractivity contribution in [2.24, 2.45) is 11.7 Å². The van der Waals surface area contributed by atoms with Gasteiger partial charge >= 0.3 is 0 Å². The minimum absolute atomic E-state index is 0. The molecule has 24 heavy (non-hydrogen) atoms. The fourth-order valence-electron chi connectivity index (χ4n) is 2.44. The highest BCUT2D eigenvalue weighted by molar-refractivity contribution is 5.86. The fourth-order valence-corrected chi connectivity index (χ4v) is 2.44. The van der Waals surface area contributed by atoms with Gasteiger partial charge in [-0.2, -0.15) is 0 Å². The predicted octanol–water partition coefficient (Wildman–Crippen LogP) is 2.51. The van der Waals surface area contributed by atoms with Gasteiger partial charge in [-0.15, -0.1) is 12.4 Å². The smallest absolute Gasteiger partial charge is 0.239 e. The van der Waals surface area contributed by atoms with Crippen LogP contribution in [0.25, 0.3) is 0 Å². The summed E-state index contributed by atoms with van der Waals surface area (Å²) in [5, 5.41) is 2.81. The maximum absolute atomic E-state index is 12.7. The Hall–Kier alpha value is -1.59. The van der Waals surface area contributed by atoms with Crippen LogP contribution in [0, 0.1) is 5.92 Å². The molecule has 1 aromatic rings. The second-order valence-electron chi connectivity index (χ2n) is 5.83. The normalized spacial score (nSPS) is 12.7. The van der Waals surface area contributed by atoms with E-state index in [4.69, 9.17) is 5.73 Å². The lowest BCUT2D eigenvalue weighted by molar-refractivity contribution is -0.139. The van der Waals surface area contributed by atoms with E-state index in [9.17, 15) is 9.59 Å². The summed E-state index contributed by atoms with van der Waals surface area (Å²) in [7, 11) is 0. The van der Waals surface area contributed by atoms with Crippen molar-refractivity contribution in [2.75, 3.05) is 19.6 Å². The first kappa shape index (κ1) is 22.4. The van der Waals surface area contributed by atoms with Gasteiger partial charge in [0.25, 0.3) is 0 Å². The van der Waals surface area contributed by atoms with Gasteiger partial charge in [0.2, 0.25) is 11.8 Å². The zero-order valence-corrected chi connectivity index (χ0v) is 15.6. The van der Waals surface area contributed by atoms with E-state index in [1.807, 2.05) is 51.1 Å². The number of benzene rings is 1. The number of amides is 2. The van der Waals surface area contributed by atoms with Crippen LogP contribution in [0.15, 0.2) is 30.3 Å². The number of hydrogen-bond acceptors (Lipinski definition) is 3. The second kappa shape index (κ2) is 11.9. The number of carbonyl (C=O) groups is 2. The van der Waals surface area contributed by atoms with E-state index in [1.165, 1.54) is 0 Å². The third-order valence-electron chi connectivity index (χ3n) is 3.82. The quantitative estimate of drug-likeness (QED) is 0.714. The van der Waals surface area contributed by atoms with Gasteiger partial charge in [0.1, 0.15) is 0 Å². The van der Waals surface area contributed by atoms with Crippen LogP contribution in [-0.2, 0) is 9.59 Å². The fraction of sp³-hybridized carbons (Fsp3) is 0.556. The van der Waals surface area contributed by atoms with Crippen LogP contribution >= 0.6 is 12.4 Å². The highest BCUT2D eigenvalue weighted by Crippen LogP contribution is 2.21. The Morgan fingerprint density at radius 2 is 1.79 bits per heavy atom. The van der Waals surface area contributed by atoms with E-state index >= 15 is 0 Å². The Balaban J connectivity index is 0.00000529. The molecule has 0 spiro atoms. The lowest BCUT2D eigenvalue weighted by Gasteiger charge is -2.28. The van der Waals surface area contributed by atoms with Crippen LogP contribution < -0.4 is 11.1 Å². The van der Waals surface area contributed by atoms with Gasteiger partial charge < -0.3 is 16.0 Å². The molecule has 0 aromatic heterocycles. The van der Waals surface area contributed by atoms with Crippen LogP contribution in [-0.4, -0.2) is 36.3 Å². The summed E-state index contributed by atoms with van der Waals surface area (Å²) in [4.78, 5) is 26.3. The SMILES string of the molecule is CCCNC(=O)CN(CCC)C(=O)C(C)C(N)c1ccccc1.Cl. The van der Waals surface area contributed by atoms with Crippen LogP contribution in [0.5, 0.6) is 0 Å². The molecule has 5 nitrogen and oxygen atoms in total. The highest BCUT2D eigenvalue weighted by atomic mass is 35.5. The molecule has 0 fully saturated rings. The summed E-state index contributed by atoms with van der Waals surface area (Å²) in [6.07, 6.45) is 1.68. The molecule has 0 aliphatic rings. The van der Waals surface area contributed by atoms with Gasteiger partial charge in [0.15, 0.2) is 0 Å². The van der Waals surface area contributed by atoms with Crippen molar-refractivity contribution in [1.29, 1.82) is 0 Å². The second-order valence-corrected chi connectivity index (χ2v) is 5.83. The number of nitrogens with one attached hydrogen (secondary N) is 1. The van der Waals surface area contributed by atoms with E-state index in [1.54, 1.807) is 4.90 Å². The Morgan fingerprint density at radius 3 is 2.33 bits per heavy atom. The van der Waals surface area contributed by atoms with Crippen molar-refractivity contribution < 1.29 is 9.59 Å². The Bertz CT molecular complexity index is 496. The zero-order valence-electron chi connectivity index (χ0n) is 14.8. The molecule has 0 radical (unpaired) electrons. The number of rotatable bonds is 9. The average molecular weight is 356 g/mol. The van der Waals surface area contributed by atoms with Crippen molar-refractivity contribution >= 4 is 24.2 Å². The molecule has 6 heteroatoms. The maximum atomic E-state index is 12.7. The molecular weight excluding hydrogens is 326 g/mol. The lowest BCUT2D eigenvalue weighted by Crippen LogP contribution is -2.45. The molecule has 2 unspecified atom stereocenters. The Labute approximate surface area is 151 Å². The third kappa shape index (κ3) is 6.89. The van der Waals surface area contributed by atoms with Crippen molar-refractivity contribution in [3.8, 4) is 0 Å². The standard InChI is InChI=1S/C18H29N3O2.ClH/c1-4-11-20-16(22)13-21(12-5-2)18(23)14(3)17(19)15-9-7-6-8-10-15;/h6-10,14,17H,4-5,11-13,19H2,1-3H3,(H,20,22);1H. The molecule has 0 aliphatic heterocycles. The summed E-state index contributed by atoms with van der Waals surface area (Å²) in [5.41, 5.74) is 7.17. The van der Waals surface area contributed by atoms with Gasteiger partial charge in [-0.3, -0.25) is 9.59 Å². The molecule has 0 bridgehead atoms. The van der Waals surface area contributed by atoms with E-state index in [-0.39, 0.29) is 42.7 Å². The van der Waals surface area contributed by atoms with E-state index in [2.05, 4.69) is 5.32 Å². The van der Waals surface area contributed by atoms with E-state index < -0.39 is 0 Å². The topological polar surface area (TPSA) is 75.4 Å². The Kier molecular flexibility index (Phi) is 11.1. The van der Waals surface area contributed by atoms with E-state index in [0.717, 1.165) is 18.4 Å². The van der Waals surface area contributed by atoms with Crippen LogP contribution in [0.3, 0.4) is 0 Å². The number of nitrogens with zero attached hydrogens (tertiary/aromatic N) is 1. The van der Waals surface area contributed by atoms with Gasteiger partial charge in [-0.25, -0.2) is 0 Å². The average Bonchev–Trinajstić information content (AvgIpc) is 2.58. The summed E-state index contributed by atoms with van der Waals surface area (Å²) in [5.74, 6) is -0.563. The van der Waals surface area contributed by atoms with Crippen LogP contribution in [0.1, 0.15) is 45.2 Å². The first-order chi connectivity index (χ1) is 11.0. The lowest BCUT2D eigenvalue weighted by atomic mass is 9.94. The first-order valence-corrected chi connectivity index (χ1v) is 8.37. The molecule has 3 N–H and O–H groups in total. The van der Waals surface area contributed by atoms with Crippen LogP contribution in [0.2, 0.25) is 0 Å². The maximum Gasteiger partial charge on any atom is 0.239 e. The highest BCUT2D eigenvalue weighted by Gasteiger charge is 2.27. The molecule has 1 rings (SSSR count). The van der Waals surface area contributed by atoms with Gasteiger partial charge in [-0.1, -0.05) is 51.1 Å². The first-order valence-electron chi connectivity index (χ1n) is 8.37. The minimum atomic E-state index is -0.373. The van der Waals surface area contributed by atoms with Crippen molar-refractivity contribution in [1.82, 2.24) is 10.2 Å². The molecule has 1 aromatic carbocycles. The minimum Gasteiger partial charge on any atom is -0.355 e. The number of nitrogens with two attached hydrogens (primary N) is 1. The summed E-state index contributed by atoms with van der Waals surface area (Å²) >= 11 is 0. The molecule has 2 atom stereocenters. The van der Waals surface area contributed by atoms with Gasteiger partial charge in [-0.05, 0) is 18.4 Å². The summed E-state index contributed by atoms with van der Waals surface area (Å²) in [6, 6.07) is 9.22. The monoisotopic (exact) mass is 355 g/mol. The Morgan fingerprint density at radius 1 is 1.17 bits per heavy atom. The van der Waals surface area contributed by atoms with Crippen molar-refractivity contribution in [3.63, 3.8) is 0 Å². The molecule has 0 aliphatic carbocycles. The van der Waals surface area contributed by atoms with Crippen molar-refractivity contribution in [2.45, 2.75) is 39.7 Å². The third-order valence-corrected chi connectivity index (χ3v) is 3.82. The molecule has 136 valence electrons. The number of hydrogen-bond donors (Lipinski definition) is 2. The molecule has 0 heterocycles. The van der Waals surface area contributed by atoms with Gasteiger partial charge in [0.05, 0.1) is 12.5 Å². The van der Waals surface area contributed by atoms with Crippen molar-refractivity contribution in [3.05, 3.63) is 35.9 Å². The van der Waals surface area contributed by atoms with Gasteiger partial charge in [0, 0.05) is 19.1 Å². The molecule has 0 saturated carbocycles. The summed E-state index contributed by atoms with van der Waals surface area (Å²) < 4.78 is 0. The molecule has 2 amide bonds. The van der Waals surface area contributed by atoms with Crippen LogP contribution in [0.4, 0.5) is 0 Å². The molecule has 0 saturated heterocycles.